The van der Waals surface area contributed by atoms with Crippen LogP contribution in [0.1, 0.15) is 31.9 Å². The van der Waals surface area contributed by atoms with Crippen molar-refractivity contribution in [2.45, 2.75) is 26.2 Å². The normalized spacial score (nSPS) is 11.5. The van der Waals surface area contributed by atoms with Crippen molar-refractivity contribution in [2.24, 2.45) is 0 Å². The second kappa shape index (κ2) is 4.78. The molecule has 0 atom stereocenters. The van der Waals surface area contributed by atoms with Crippen LogP contribution in [0.2, 0.25) is 0 Å². The van der Waals surface area contributed by atoms with Crippen molar-refractivity contribution >= 4 is 17.0 Å². The highest BCUT2D eigenvalue weighted by molar-refractivity contribution is 5.84. The molecule has 0 spiro atoms. The Bertz CT molecular complexity index is 456. The third kappa shape index (κ3) is 2.27. The Kier molecular flexibility index (Phi) is 3.18. The Morgan fingerprint density at radius 3 is 3.20 bits per heavy atom. The molecule has 0 aliphatic rings. The lowest BCUT2D eigenvalue weighted by atomic mass is 10.2. The Labute approximate surface area is 89.6 Å². The van der Waals surface area contributed by atoms with Gasteiger partial charge in [0.1, 0.15) is 5.58 Å². The van der Waals surface area contributed by atoms with Crippen LogP contribution in [0.25, 0.3) is 17.0 Å². The van der Waals surface area contributed by atoms with Crippen molar-refractivity contribution in [1.29, 1.82) is 0 Å². The van der Waals surface area contributed by atoms with Crippen LogP contribution in [0.5, 0.6) is 0 Å². The number of unbranched alkanes of at least 4 members (excludes halogenated alkanes) is 2. The Morgan fingerprint density at radius 1 is 1.40 bits per heavy atom. The van der Waals surface area contributed by atoms with E-state index in [2.05, 4.69) is 24.1 Å². The fourth-order valence-electron chi connectivity index (χ4n) is 1.57. The molecule has 0 unspecified atom stereocenters. The molecule has 0 fully saturated rings. The van der Waals surface area contributed by atoms with Crippen LogP contribution in [-0.4, -0.2) is 4.98 Å². The standard InChI is InChI=1S/C13H15NO/c1-2-3-4-5-6-12-11-8-10-15-13(11)7-9-14-12/h5-10H,2-4H2,1H3. The van der Waals surface area contributed by atoms with E-state index < -0.39 is 0 Å². The first-order chi connectivity index (χ1) is 7.42. The zero-order valence-electron chi connectivity index (χ0n) is 8.94. The summed E-state index contributed by atoms with van der Waals surface area (Å²) < 4.78 is 5.31. The summed E-state index contributed by atoms with van der Waals surface area (Å²) in [4.78, 5) is 4.33. The number of allylic oxidation sites excluding steroid dienone is 1. The molecule has 0 amide bonds. The van der Waals surface area contributed by atoms with Crippen LogP contribution < -0.4 is 0 Å². The summed E-state index contributed by atoms with van der Waals surface area (Å²) in [6.07, 6.45) is 11.3. The van der Waals surface area contributed by atoms with Gasteiger partial charge in [-0.25, -0.2) is 0 Å². The van der Waals surface area contributed by atoms with Gasteiger partial charge in [-0.3, -0.25) is 4.98 Å². The maximum absolute atomic E-state index is 5.31. The number of aromatic nitrogens is 1. The average Bonchev–Trinajstić information content (AvgIpc) is 2.73. The molecule has 2 aromatic heterocycles. The third-order valence-corrected chi connectivity index (χ3v) is 2.41. The molecule has 0 radical (unpaired) electrons. The first-order valence-corrected chi connectivity index (χ1v) is 5.40. The van der Waals surface area contributed by atoms with Gasteiger partial charge in [-0.15, -0.1) is 0 Å². The van der Waals surface area contributed by atoms with E-state index in [0.717, 1.165) is 23.1 Å². The minimum atomic E-state index is 0.903. The van der Waals surface area contributed by atoms with Gasteiger partial charge in [-0.05, 0) is 24.6 Å². The molecule has 2 heterocycles. The van der Waals surface area contributed by atoms with Crippen LogP contribution in [-0.2, 0) is 0 Å². The van der Waals surface area contributed by atoms with Gasteiger partial charge in [0.15, 0.2) is 0 Å². The molecule has 0 saturated heterocycles. The second-order valence-electron chi connectivity index (χ2n) is 3.57. The van der Waals surface area contributed by atoms with E-state index in [0.29, 0.717) is 0 Å². The molecule has 0 aliphatic heterocycles. The fourth-order valence-corrected chi connectivity index (χ4v) is 1.57. The topological polar surface area (TPSA) is 26.0 Å². The lowest BCUT2D eigenvalue weighted by Crippen LogP contribution is -1.79. The first kappa shape index (κ1) is 9.97. The molecule has 0 bridgehead atoms. The van der Waals surface area contributed by atoms with E-state index in [1.54, 1.807) is 12.5 Å². The van der Waals surface area contributed by atoms with Crippen molar-refractivity contribution in [1.82, 2.24) is 4.98 Å². The molecule has 0 N–H and O–H groups in total. The summed E-state index contributed by atoms with van der Waals surface area (Å²) >= 11 is 0. The van der Waals surface area contributed by atoms with Crippen molar-refractivity contribution in [3.05, 3.63) is 36.4 Å². The van der Waals surface area contributed by atoms with E-state index in [1.807, 2.05) is 12.1 Å². The number of rotatable bonds is 4. The maximum atomic E-state index is 5.31. The molecule has 0 aromatic carbocycles. The molecule has 2 rings (SSSR count). The lowest BCUT2D eigenvalue weighted by Gasteiger charge is -1.94. The summed E-state index contributed by atoms with van der Waals surface area (Å²) in [6, 6.07) is 3.85. The molecular formula is C13H15NO. The van der Waals surface area contributed by atoms with Crippen LogP contribution in [0.4, 0.5) is 0 Å². The number of fused-ring (bicyclic) bond motifs is 1. The number of hydrogen-bond acceptors (Lipinski definition) is 2. The van der Waals surface area contributed by atoms with E-state index in [-0.39, 0.29) is 0 Å². The molecule has 2 nitrogen and oxygen atoms in total. The van der Waals surface area contributed by atoms with E-state index in [4.69, 9.17) is 4.42 Å². The van der Waals surface area contributed by atoms with E-state index in [1.165, 1.54) is 12.8 Å². The zero-order chi connectivity index (χ0) is 10.5. The molecule has 0 aliphatic carbocycles. The summed E-state index contributed by atoms with van der Waals surface area (Å²) in [7, 11) is 0. The average molecular weight is 201 g/mol. The van der Waals surface area contributed by atoms with Gasteiger partial charge in [0.05, 0.1) is 12.0 Å². The van der Waals surface area contributed by atoms with Crippen LogP contribution in [0.3, 0.4) is 0 Å². The second-order valence-corrected chi connectivity index (χ2v) is 3.57. The molecule has 15 heavy (non-hydrogen) atoms. The largest absolute Gasteiger partial charge is 0.464 e. The number of pyridine rings is 1. The van der Waals surface area contributed by atoms with Crippen molar-refractivity contribution in [3.63, 3.8) is 0 Å². The summed E-state index contributed by atoms with van der Waals surface area (Å²) in [5.41, 5.74) is 1.90. The van der Waals surface area contributed by atoms with Gasteiger partial charge in [-0.1, -0.05) is 25.8 Å². The summed E-state index contributed by atoms with van der Waals surface area (Å²) in [6.45, 7) is 2.20. The number of furan rings is 1. The Morgan fingerprint density at radius 2 is 2.33 bits per heavy atom. The maximum Gasteiger partial charge on any atom is 0.137 e. The van der Waals surface area contributed by atoms with Crippen molar-refractivity contribution < 1.29 is 4.42 Å². The van der Waals surface area contributed by atoms with Crippen LogP contribution in [0, 0.1) is 0 Å². The molecular weight excluding hydrogens is 186 g/mol. The number of hydrogen-bond donors (Lipinski definition) is 0. The van der Waals surface area contributed by atoms with Gasteiger partial charge >= 0.3 is 0 Å². The van der Waals surface area contributed by atoms with Gasteiger partial charge in [-0.2, -0.15) is 0 Å². The van der Waals surface area contributed by atoms with Gasteiger partial charge in [0.2, 0.25) is 0 Å². The summed E-state index contributed by atoms with van der Waals surface area (Å²) in [5.74, 6) is 0. The smallest absolute Gasteiger partial charge is 0.137 e. The van der Waals surface area contributed by atoms with Gasteiger partial charge in [0, 0.05) is 11.6 Å². The quantitative estimate of drug-likeness (QED) is 0.698. The van der Waals surface area contributed by atoms with E-state index >= 15 is 0 Å². The molecule has 2 heteroatoms. The van der Waals surface area contributed by atoms with Crippen LogP contribution in [0.15, 0.2) is 35.1 Å². The first-order valence-electron chi connectivity index (χ1n) is 5.40. The van der Waals surface area contributed by atoms with E-state index in [9.17, 15) is 0 Å². The molecule has 78 valence electrons. The Balaban J connectivity index is 2.20. The van der Waals surface area contributed by atoms with Gasteiger partial charge < -0.3 is 4.42 Å². The minimum absolute atomic E-state index is 0.903. The third-order valence-electron chi connectivity index (χ3n) is 2.41. The van der Waals surface area contributed by atoms with Crippen LogP contribution >= 0.6 is 0 Å². The highest BCUT2D eigenvalue weighted by Gasteiger charge is 2.00. The van der Waals surface area contributed by atoms with Gasteiger partial charge in [0.25, 0.3) is 0 Å². The van der Waals surface area contributed by atoms with Crippen molar-refractivity contribution in [2.75, 3.05) is 0 Å². The predicted molar refractivity (Wildman–Crippen MR) is 62.6 cm³/mol. The molecule has 0 saturated carbocycles. The van der Waals surface area contributed by atoms with Crippen molar-refractivity contribution in [3.8, 4) is 0 Å². The Hall–Kier alpha value is -1.57. The number of nitrogens with zero attached hydrogens (tertiary/aromatic N) is 1. The zero-order valence-corrected chi connectivity index (χ0v) is 8.94. The summed E-state index contributed by atoms with van der Waals surface area (Å²) in [5, 5.41) is 1.09. The highest BCUT2D eigenvalue weighted by atomic mass is 16.3. The highest BCUT2D eigenvalue weighted by Crippen LogP contribution is 2.18. The molecule has 2 aromatic rings. The minimum Gasteiger partial charge on any atom is -0.464 e. The SMILES string of the molecule is CCCCC=Cc1nccc2occc12. The monoisotopic (exact) mass is 201 g/mol. The lowest BCUT2D eigenvalue weighted by molar-refractivity contribution is 0.615. The predicted octanol–water partition coefficient (Wildman–Crippen LogP) is 4.03. The fraction of sp³-hybridized carbons (Fsp3) is 0.308.